The first-order valence-corrected chi connectivity index (χ1v) is 8.60. The molecule has 3 rings (SSSR count). The lowest BCUT2D eigenvalue weighted by Crippen LogP contribution is -2.23. The van der Waals surface area contributed by atoms with Crippen molar-refractivity contribution in [3.63, 3.8) is 0 Å². The number of para-hydroxylation sites is 1. The Labute approximate surface area is 138 Å². The second-order valence-electron chi connectivity index (χ2n) is 6.48. The number of hydrogen-bond acceptors (Lipinski definition) is 4. The fourth-order valence-electron chi connectivity index (χ4n) is 3.23. The molecule has 0 unspecified atom stereocenters. The van der Waals surface area contributed by atoms with E-state index < -0.39 is 0 Å². The van der Waals surface area contributed by atoms with Crippen LogP contribution in [0.15, 0.2) is 34.9 Å². The molecule has 1 aromatic heterocycles. The molecule has 2 aromatic rings. The Kier molecular flexibility index (Phi) is 5.01. The number of hydrogen-bond donors (Lipinski definition) is 0. The first-order chi connectivity index (χ1) is 11.2. The van der Waals surface area contributed by atoms with Crippen LogP contribution in [0.1, 0.15) is 62.6 Å². The third-order valence-electron chi connectivity index (χ3n) is 4.47. The summed E-state index contributed by atoms with van der Waals surface area (Å²) in [6.45, 7) is 8.98. The summed E-state index contributed by atoms with van der Waals surface area (Å²) >= 11 is 0. The summed E-state index contributed by atoms with van der Waals surface area (Å²) in [4.78, 5) is 2.49. The highest BCUT2D eigenvalue weighted by atomic mass is 16.5. The molecule has 4 nitrogen and oxygen atoms in total. The Morgan fingerprint density at radius 1 is 1.35 bits per heavy atom. The van der Waals surface area contributed by atoms with Gasteiger partial charge in [0.25, 0.3) is 0 Å². The zero-order chi connectivity index (χ0) is 16.2. The van der Waals surface area contributed by atoms with Gasteiger partial charge in [0.2, 0.25) is 0 Å². The van der Waals surface area contributed by atoms with Crippen molar-refractivity contribution in [3.05, 3.63) is 47.3 Å². The lowest BCUT2D eigenvalue weighted by Gasteiger charge is -2.23. The van der Waals surface area contributed by atoms with Crippen LogP contribution in [0.25, 0.3) is 0 Å². The minimum atomic E-state index is 0.348. The Morgan fingerprint density at radius 2 is 2.17 bits per heavy atom. The van der Waals surface area contributed by atoms with Crippen molar-refractivity contribution in [2.45, 2.75) is 52.1 Å². The minimum Gasteiger partial charge on any atom is -0.494 e. The number of likely N-dealkylation sites (tertiary alicyclic amines) is 1. The maximum absolute atomic E-state index is 5.76. The third kappa shape index (κ3) is 3.58. The lowest BCUT2D eigenvalue weighted by molar-refractivity contribution is 0.231. The summed E-state index contributed by atoms with van der Waals surface area (Å²) < 4.78 is 11.3. The van der Waals surface area contributed by atoms with Gasteiger partial charge >= 0.3 is 0 Å². The van der Waals surface area contributed by atoms with Crippen molar-refractivity contribution in [3.8, 4) is 5.75 Å². The van der Waals surface area contributed by atoms with Crippen molar-refractivity contribution in [2.75, 3.05) is 13.2 Å². The summed E-state index contributed by atoms with van der Waals surface area (Å²) in [7, 11) is 0. The molecule has 1 atom stereocenters. The molecular formula is C19H26N2O2. The molecular weight excluding hydrogens is 288 g/mol. The van der Waals surface area contributed by atoms with E-state index in [-0.39, 0.29) is 0 Å². The highest BCUT2D eigenvalue weighted by Gasteiger charge is 2.29. The molecule has 1 aromatic carbocycles. The zero-order valence-electron chi connectivity index (χ0n) is 14.3. The second kappa shape index (κ2) is 7.18. The highest BCUT2D eigenvalue weighted by molar-refractivity contribution is 5.33. The minimum absolute atomic E-state index is 0.348. The molecule has 0 amide bonds. The quantitative estimate of drug-likeness (QED) is 0.785. The molecule has 2 heterocycles. The van der Waals surface area contributed by atoms with Crippen molar-refractivity contribution in [2.24, 2.45) is 0 Å². The van der Waals surface area contributed by atoms with Crippen LogP contribution in [-0.2, 0) is 6.54 Å². The van der Waals surface area contributed by atoms with E-state index in [4.69, 9.17) is 9.26 Å². The van der Waals surface area contributed by atoms with Gasteiger partial charge in [-0.1, -0.05) is 37.2 Å². The number of aromatic nitrogens is 1. The van der Waals surface area contributed by atoms with Gasteiger partial charge in [-0.25, -0.2) is 0 Å². The average Bonchev–Trinajstić information content (AvgIpc) is 3.18. The third-order valence-corrected chi connectivity index (χ3v) is 4.47. The van der Waals surface area contributed by atoms with Crippen molar-refractivity contribution in [1.29, 1.82) is 0 Å². The van der Waals surface area contributed by atoms with Gasteiger partial charge in [-0.3, -0.25) is 4.90 Å². The maximum Gasteiger partial charge on any atom is 0.139 e. The van der Waals surface area contributed by atoms with Crippen LogP contribution < -0.4 is 4.74 Å². The van der Waals surface area contributed by atoms with Crippen LogP contribution in [0.2, 0.25) is 0 Å². The van der Waals surface area contributed by atoms with Crippen LogP contribution in [0.5, 0.6) is 5.75 Å². The molecule has 4 heteroatoms. The van der Waals surface area contributed by atoms with Crippen molar-refractivity contribution in [1.82, 2.24) is 10.1 Å². The van der Waals surface area contributed by atoms with E-state index in [1.54, 1.807) is 0 Å². The monoisotopic (exact) mass is 314 g/mol. The number of nitrogens with zero attached hydrogens (tertiary/aromatic N) is 2. The van der Waals surface area contributed by atoms with Crippen LogP contribution in [-0.4, -0.2) is 23.2 Å². The maximum atomic E-state index is 5.76. The van der Waals surface area contributed by atoms with Gasteiger partial charge in [-0.15, -0.1) is 0 Å². The van der Waals surface area contributed by atoms with E-state index in [9.17, 15) is 0 Å². The summed E-state index contributed by atoms with van der Waals surface area (Å²) in [6, 6.07) is 10.8. The molecule has 0 N–H and O–H groups in total. The van der Waals surface area contributed by atoms with Crippen LogP contribution in [0.4, 0.5) is 0 Å². The van der Waals surface area contributed by atoms with Gasteiger partial charge in [0.05, 0.1) is 12.6 Å². The van der Waals surface area contributed by atoms with Gasteiger partial charge in [-0.2, -0.15) is 0 Å². The van der Waals surface area contributed by atoms with E-state index in [0.717, 1.165) is 36.7 Å². The molecule has 1 aliphatic rings. The molecule has 1 saturated heterocycles. The number of ether oxygens (including phenoxy) is 1. The van der Waals surface area contributed by atoms with Crippen molar-refractivity contribution >= 4 is 0 Å². The number of rotatable bonds is 6. The Balaban J connectivity index is 1.76. The molecule has 0 saturated carbocycles. The molecule has 0 aliphatic carbocycles. The van der Waals surface area contributed by atoms with Gasteiger partial charge in [0, 0.05) is 24.1 Å². The SMILES string of the molecule is CCOc1ccccc1CN1CCC[C@@H]1c1cc(C(C)C)on1. The second-order valence-corrected chi connectivity index (χ2v) is 6.48. The largest absolute Gasteiger partial charge is 0.494 e. The van der Waals surface area contributed by atoms with Crippen molar-refractivity contribution < 1.29 is 9.26 Å². The summed E-state index contributed by atoms with van der Waals surface area (Å²) in [5.41, 5.74) is 2.31. The number of benzene rings is 1. The summed E-state index contributed by atoms with van der Waals surface area (Å²) in [5.74, 6) is 2.34. The van der Waals surface area contributed by atoms with Gasteiger partial charge in [0.15, 0.2) is 0 Å². The Morgan fingerprint density at radius 3 is 2.91 bits per heavy atom. The smallest absolute Gasteiger partial charge is 0.139 e. The fraction of sp³-hybridized carbons (Fsp3) is 0.526. The average molecular weight is 314 g/mol. The summed E-state index contributed by atoms with van der Waals surface area (Å²) in [6.07, 6.45) is 2.34. The molecule has 0 radical (unpaired) electrons. The molecule has 1 fully saturated rings. The molecule has 0 spiro atoms. The van der Waals surface area contributed by atoms with Crippen LogP contribution in [0.3, 0.4) is 0 Å². The van der Waals surface area contributed by atoms with E-state index in [0.29, 0.717) is 18.6 Å². The molecule has 1 aliphatic heterocycles. The van der Waals surface area contributed by atoms with Gasteiger partial charge in [-0.05, 0) is 32.4 Å². The lowest BCUT2D eigenvalue weighted by atomic mass is 10.1. The topological polar surface area (TPSA) is 38.5 Å². The van der Waals surface area contributed by atoms with Gasteiger partial charge in [0.1, 0.15) is 17.2 Å². The van der Waals surface area contributed by atoms with Crippen LogP contribution >= 0.6 is 0 Å². The molecule has 124 valence electrons. The zero-order valence-corrected chi connectivity index (χ0v) is 14.3. The van der Waals surface area contributed by atoms with E-state index in [2.05, 4.69) is 48.2 Å². The predicted molar refractivity (Wildman–Crippen MR) is 90.6 cm³/mol. The first-order valence-electron chi connectivity index (χ1n) is 8.60. The van der Waals surface area contributed by atoms with Gasteiger partial charge < -0.3 is 9.26 Å². The van der Waals surface area contributed by atoms with E-state index in [1.807, 2.05) is 13.0 Å². The standard InChI is InChI=1S/C19H26N2O2/c1-4-22-18-10-6-5-8-15(18)13-21-11-7-9-17(21)16-12-19(14(2)3)23-20-16/h5-6,8,10,12,14,17H,4,7,9,11,13H2,1-3H3/t17-/m1/s1. The van der Waals surface area contributed by atoms with E-state index in [1.165, 1.54) is 12.0 Å². The summed E-state index contributed by atoms with van der Waals surface area (Å²) in [5, 5.41) is 4.32. The highest BCUT2D eigenvalue weighted by Crippen LogP contribution is 2.35. The first kappa shape index (κ1) is 16.1. The van der Waals surface area contributed by atoms with Crippen LogP contribution in [0, 0.1) is 0 Å². The Bertz CT molecular complexity index is 636. The fourth-order valence-corrected chi connectivity index (χ4v) is 3.23. The van der Waals surface area contributed by atoms with E-state index >= 15 is 0 Å². The molecule has 23 heavy (non-hydrogen) atoms. The predicted octanol–water partition coefficient (Wildman–Crippen LogP) is 4.53. The normalized spacial score (nSPS) is 18.7. The molecule has 0 bridgehead atoms. The Hall–Kier alpha value is -1.81.